The summed E-state index contributed by atoms with van der Waals surface area (Å²) >= 11 is 0. The van der Waals surface area contributed by atoms with Gasteiger partial charge in [-0.05, 0) is 44.9 Å². The molecule has 1 unspecified atom stereocenters. The minimum Gasteiger partial charge on any atom is -0.394 e. The molecule has 1 rings (SSSR count). The van der Waals surface area contributed by atoms with Crippen LogP contribution >= 0.6 is 0 Å². The number of rotatable bonds is 42. The van der Waals surface area contributed by atoms with Crippen molar-refractivity contribution in [2.45, 2.75) is 262 Å². The molecule has 1 amide bonds. The first-order chi connectivity index (χ1) is 29.9. The summed E-state index contributed by atoms with van der Waals surface area (Å²) in [5.41, 5.74) is 0. The average Bonchev–Trinajstić information content (AvgIpc) is 3.24. The van der Waals surface area contributed by atoms with Crippen LogP contribution in [0.25, 0.3) is 0 Å². The Balaban J connectivity index is 2.51. The van der Waals surface area contributed by atoms with Crippen molar-refractivity contribution in [3.05, 3.63) is 24.3 Å². The summed E-state index contributed by atoms with van der Waals surface area (Å²) < 4.78 is 47.5. The Morgan fingerprint density at radius 1 is 0.645 bits per heavy atom. The molecule has 8 atom stereocenters. The number of hydrogen-bond donors (Lipinski definition) is 7. The van der Waals surface area contributed by atoms with Crippen molar-refractivity contribution >= 4 is 16.3 Å². The van der Waals surface area contributed by atoms with E-state index in [-0.39, 0.29) is 6.42 Å². The van der Waals surface area contributed by atoms with Crippen LogP contribution in [0.3, 0.4) is 0 Å². The fraction of sp³-hybridized carbons (Fsp3) is 0.896. The minimum atomic E-state index is -5.12. The second-order valence-corrected chi connectivity index (χ2v) is 18.6. The molecule has 1 heterocycles. The van der Waals surface area contributed by atoms with Crippen molar-refractivity contribution in [1.29, 1.82) is 0 Å². The van der Waals surface area contributed by atoms with E-state index in [9.17, 15) is 43.3 Å². The Kier molecular flexibility index (Phi) is 36.6. The van der Waals surface area contributed by atoms with E-state index in [1.807, 2.05) is 6.08 Å². The second-order valence-electron chi connectivity index (χ2n) is 17.5. The van der Waals surface area contributed by atoms with Crippen LogP contribution in [0.2, 0.25) is 0 Å². The van der Waals surface area contributed by atoms with E-state index < -0.39 is 78.5 Å². The number of nitrogens with one attached hydrogen (secondary N) is 1. The summed E-state index contributed by atoms with van der Waals surface area (Å²) in [4.78, 5) is 13.1. The lowest BCUT2D eigenvalue weighted by Crippen LogP contribution is -2.61. The summed E-state index contributed by atoms with van der Waals surface area (Å²) in [6, 6.07) is -1.12. The lowest BCUT2D eigenvalue weighted by Gasteiger charge is -2.41. The zero-order chi connectivity index (χ0) is 45.7. The number of amides is 1. The highest BCUT2D eigenvalue weighted by atomic mass is 32.3. The highest BCUT2D eigenvalue weighted by molar-refractivity contribution is 7.80. The van der Waals surface area contributed by atoms with Crippen LogP contribution in [0.4, 0.5) is 0 Å². The van der Waals surface area contributed by atoms with Crippen molar-refractivity contribution < 1.29 is 57.0 Å². The molecule has 0 spiro atoms. The first kappa shape index (κ1) is 58.6. The molecule has 0 aromatic heterocycles. The number of hydrogen-bond acceptors (Lipinski definition) is 11. The van der Waals surface area contributed by atoms with E-state index in [2.05, 4.69) is 35.5 Å². The number of ether oxygens (including phenoxy) is 2. The van der Waals surface area contributed by atoms with Gasteiger partial charge < -0.3 is 40.3 Å². The van der Waals surface area contributed by atoms with Crippen LogP contribution in [0.1, 0.15) is 213 Å². The summed E-state index contributed by atoms with van der Waals surface area (Å²) in [5, 5.41) is 55.3. The minimum absolute atomic E-state index is 0.241. The predicted molar refractivity (Wildman–Crippen MR) is 247 cm³/mol. The lowest BCUT2D eigenvalue weighted by atomic mass is 9.99. The van der Waals surface area contributed by atoms with Crippen LogP contribution in [0, 0.1) is 0 Å². The Morgan fingerprint density at radius 3 is 1.50 bits per heavy atom. The van der Waals surface area contributed by atoms with Crippen molar-refractivity contribution in [3.63, 3.8) is 0 Å². The smallest absolute Gasteiger partial charge is 0.394 e. The van der Waals surface area contributed by atoms with E-state index in [1.54, 1.807) is 0 Å². The maximum atomic E-state index is 13.1. The van der Waals surface area contributed by atoms with E-state index in [0.717, 1.165) is 51.4 Å². The van der Waals surface area contributed by atoms with Gasteiger partial charge >= 0.3 is 10.4 Å². The van der Waals surface area contributed by atoms with E-state index in [4.69, 9.17) is 9.47 Å². The van der Waals surface area contributed by atoms with Gasteiger partial charge in [0.2, 0.25) is 5.91 Å². The van der Waals surface area contributed by atoms with E-state index in [0.29, 0.717) is 12.8 Å². The van der Waals surface area contributed by atoms with Crippen molar-refractivity contribution in [1.82, 2.24) is 5.32 Å². The third-order valence-electron chi connectivity index (χ3n) is 11.8. The molecule has 7 N–H and O–H groups in total. The van der Waals surface area contributed by atoms with Crippen LogP contribution in [-0.2, 0) is 28.9 Å². The lowest BCUT2D eigenvalue weighted by molar-refractivity contribution is -0.298. The molecular formula is C48H91NO12S. The Morgan fingerprint density at radius 2 is 1.06 bits per heavy atom. The third-order valence-corrected chi connectivity index (χ3v) is 12.3. The highest BCUT2D eigenvalue weighted by Crippen LogP contribution is 2.26. The van der Waals surface area contributed by atoms with Crippen LogP contribution in [-0.4, -0.2) is 107 Å². The van der Waals surface area contributed by atoms with Crippen LogP contribution < -0.4 is 5.32 Å². The maximum Gasteiger partial charge on any atom is 0.397 e. The average molecular weight is 906 g/mol. The molecule has 1 saturated heterocycles. The molecule has 0 radical (unpaired) electrons. The zero-order valence-corrected chi connectivity index (χ0v) is 39.6. The molecule has 0 bridgehead atoms. The predicted octanol–water partition coefficient (Wildman–Crippen LogP) is 9.08. The molecule has 0 aliphatic carbocycles. The first-order valence-electron chi connectivity index (χ1n) is 24.8. The molecular weight excluding hydrogens is 815 g/mol. The number of unbranched alkanes of at least 4 members (excludes halogenated alkanes) is 27. The van der Waals surface area contributed by atoms with Gasteiger partial charge in [-0.15, -0.1) is 0 Å². The number of allylic oxidation sites excluding steroid dienone is 3. The second kappa shape index (κ2) is 38.8. The van der Waals surface area contributed by atoms with Gasteiger partial charge in [-0.2, -0.15) is 8.42 Å². The van der Waals surface area contributed by atoms with Gasteiger partial charge in [0.25, 0.3) is 0 Å². The normalized spacial score (nSPS) is 21.2. The van der Waals surface area contributed by atoms with E-state index >= 15 is 0 Å². The third kappa shape index (κ3) is 30.6. The molecule has 13 nitrogen and oxygen atoms in total. The van der Waals surface area contributed by atoms with Crippen molar-refractivity contribution in [3.8, 4) is 0 Å². The first-order valence-corrected chi connectivity index (χ1v) is 26.2. The fourth-order valence-corrected chi connectivity index (χ4v) is 8.38. The van der Waals surface area contributed by atoms with Gasteiger partial charge in [-0.1, -0.05) is 192 Å². The van der Waals surface area contributed by atoms with Crippen molar-refractivity contribution in [2.24, 2.45) is 0 Å². The Bertz CT molecular complexity index is 1220. The summed E-state index contributed by atoms with van der Waals surface area (Å²) in [7, 11) is -5.12. The molecule has 0 aromatic carbocycles. The molecule has 0 saturated carbocycles. The highest BCUT2D eigenvalue weighted by Gasteiger charge is 2.48. The van der Waals surface area contributed by atoms with Gasteiger partial charge in [-0.3, -0.25) is 9.35 Å². The van der Waals surface area contributed by atoms with Crippen molar-refractivity contribution in [2.75, 3.05) is 13.2 Å². The molecule has 366 valence electrons. The summed E-state index contributed by atoms with van der Waals surface area (Å²) in [5.74, 6) is -0.704. The number of aliphatic hydroxyl groups excluding tert-OH is 5. The van der Waals surface area contributed by atoms with Gasteiger partial charge in [0.1, 0.15) is 30.5 Å². The topological polar surface area (TPSA) is 212 Å². The van der Waals surface area contributed by atoms with Crippen LogP contribution in [0.5, 0.6) is 0 Å². The largest absolute Gasteiger partial charge is 0.397 e. The zero-order valence-electron chi connectivity index (χ0n) is 38.8. The molecule has 1 aliphatic heterocycles. The van der Waals surface area contributed by atoms with Gasteiger partial charge in [0.05, 0.1) is 25.4 Å². The molecule has 1 aliphatic rings. The number of carbonyl (C=O) groups excluding carboxylic acids is 1. The maximum absolute atomic E-state index is 13.1. The standard InChI is InChI=1S/C48H91NO12S/c1-3-5-7-9-11-13-15-17-18-19-20-21-22-23-25-27-29-31-33-35-37-42(52)47(55)49-40(41(51)36-34-32-30-28-26-24-16-14-12-10-8-6-4-2)39-59-48-45(54)46(61-62(56,57)58)44(53)43(38-50)60-48/h19-20,34,36,40-46,48,50-54H,3-18,21-33,35,37-39H2,1-2H3,(H,49,55)(H,56,57,58)/b20-19-,36-34+/t40-,41+,42?,43-,44+,45-,46+,48-/m0/s1. The van der Waals surface area contributed by atoms with Crippen LogP contribution in [0.15, 0.2) is 24.3 Å². The fourth-order valence-electron chi connectivity index (χ4n) is 7.87. The molecule has 1 fully saturated rings. The molecule has 0 aromatic rings. The van der Waals surface area contributed by atoms with Gasteiger partial charge in [0, 0.05) is 0 Å². The SMILES string of the molecule is CCCCCCCCCC/C=C\CCCCCCCCCCC(O)C(=O)N[C@@H](CO[C@H]1O[C@@H](CO)[C@@H](O)[C@@H](OS(=O)(=O)O)[C@@H]1O)[C@H](O)/C=C/CCCCCCCCCCCCC. The van der Waals surface area contributed by atoms with E-state index in [1.165, 1.54) is 134 Å². The quantitative estimate of drug-likeness (QED) is 0.0174. The molecule has 14 heteroatoms. The van der Waals surface area contributed by atoms with Gasteiger partial charge in [-0.25, -0.2) is 4.18 Å². The van der Waals surface area contributed by atoms with Gasteiger partial charge in [0.15, 0.2) is 6.29 Å². The number of carbonyl (C=O) groups is 1. The Labute approximate surface area is 376 Å². The molecule has 62 heavy (non-hydrogen) atoms. The Hall–Kier alpha value is -1.46. The summed E-state index contributed by atoms with van der Waals surface area (Å²) in [6.07, 6.45) is 32.6. The number of aliphatic hydroxyl groups is 5. The monoisotopic (exact) mass is 906 g/mol. The summed E-state index contributed by atoms with van der Waals surface area (Å²) in [6.45, 7) is 3.22.